The number of imidazole rings is 1. The zero-order valence-corrected chi connectivity index (χ0v) is 23.4. The maximum Gasteiger partial charge on any atom is 0.305 e. The summed E-state index contributed by atoms with van der Waals surface area (Å²) in [6, 6.07) is 20.4. The average Bonchev–Trinajstić information content (AvgIpc) is 3.51. The van der Waals surface area contributed by atoms with E-state index in [9.17, 15) is 9.59 Å². The van der Waals surface area contributed by atoms with Gasteiger partial charge in [-0.2, -0.15) is 0 Å². The number of carbonyl (C=O) groups is 2. The van der Waals surface area contributed by atoms with Gasteiger partial charge in [0.25, 0.3) is 5.82 Å². The van der Waals surface area contributed by atoms with Crippen molar-refractivity contribution in [3.8, 4) is 0 Å². The summed E-state index contributed by atoms with van der Waals surface area (Å²) in [5, 5.41) is 0. The van der Waals surface area contributed by atoms with Crippen LogP contribution in [0, 0.1) is 12.8 Å². The van der Waals surface area contributed by atoms with E-state index >= 15 is 0 Å². The molecular formula is C30H38BrN3O3. The Morgan fingerprint density at radius 2 is 1.65 bits per heavy atom. The van der Waals surface area contributed by atoms with Crippen LogP contribution in [0.15, 0.2) is 73.1 Å². The van der Waals surface area contributed by atoms with Crippen LogP contribution in [0.4, 0.5) is 0 Å². The minimum Gasteiger partial charge on any atom is -1.00 e. The lowest BCUT2D eigenvalue weighted by atomic mass is 9.64. The lowest BCUT2D eigenvalue weighted by molar-refractivity contribution is -0.727. The molecule has 2 aromatic carbocycles. The van der Waals surface area contributed by atoms with Crippen LogP contribution in [0.1, 0.15) is 68.4 Å². The highest BCUT2D eigenvalue weighted by atomic mass is 79.9. The molecule has 37 heavy (non-hydrogen) atoms. The number of ether oxygens (including phenoxy) is 1. The van der Waals surface area contributed by atoms with Crippen LogP contribution in [0.25, 0.3) is 0 Å². The minimum absolute atomic E-state index is 0. The number of nitrogens with zero attached hydrogens (tertiary/aromatic N) is 2. The van der Waals surface area contributed by atoms with Crippen LogP contribution in [-0.2, 0) is 26.3 Å². The molecule has 0 aliphatic heterocycles. The summed E-state index contributed by atoms with van der Waals surface area (Å²) in [5.74, 6) is 0.889. The van der Waals surface area contributed by atoms with E-state index in [4.69, 9.17) is 10.5 Å². The highest BCUT2D eigenvalue weighted by Gasteiger charge is 2.51. The third-order valence-corrected chi connectivity index (χ3v) is 7.79. The van der Waals surface area contributed by atoms with E-state index in [0.717, 1.165) is 49.8 Å². The Morgan fingerprint density at radius 1 is 1.03 bits per heavy atom. The molecule has 4 rings (SSSR count). The molecule has 1 amide bonds. The molecule has 0 radical (unpaired) electrons. The molecule has 198 valence electrons. The first-order valence-electron chi connectivity index (χ1n) is 13.1. The molecule has 6 nitrogen and oxygen atoms in total. The molecule has 0 bridgehead atoms. The molecule has 1 aromatic heterocycles. The number of rotatable bonds is 11. The second-order valence-corrected chi connectivity index (χ2v) is 9.78. The van der Waals surface area contributed by atoms with Crippen LogP contribution in [0.5, 0.6) is 0 Å². The van der Waals surface area contributed by atoms with Crippen molar-refractivity contribution in [2.75, 3.05) is 6.61 Å². The van der Waals surface area contributed by atoms with Crippen molar-refractivity contribution in [1.29, 1.82) is 0 Å². The van der Waals surface area contributed by atoms with Crippen molar-refractivity contribution in [2.45, 2.75) is 70.4 Å². The number of primary amides is 1. The lowest BCUT2D eigenvalue weighted by Gasteiger charge is -2.37. The molecule has 1 fully saturated rings. The topological polar surface area (TPSA) is 78.2 Å². The van der Waals surface area contributed by atoms with E-state index in [0.29, 0.717) is 19.1 Å². The Hall–Kier alpha value is -2.93. The molecule has 3 aromatic rings. The molecule has 0 unspecified atom stereocenters. The standard InChI is InChI=1S/C30H37N3O3.BrH/c1-3-36-28(34)16-10-11-19-32-20-21-33(23(32)2)27-18-17-26(22-27)30(29(31)35,24-12-6-4-7-13-24)25-14-8-5-9-15-25;/h4-9,12-15,20-21,26-27H,3,10-11,16-19,22H2,1-2H3,(H-,31,35);1H/t26-,27+;/m1./s1. The SMILES string of the molecule is CCOC(=O)CCCCn1cc[n+]([C@H]2CC[C@@H](C(C(N)=O)(c3ccccc3)c3ccccc3)C2)c1C.[Br-]. The molecule has 1 aliphatic carbocycles. The average molecular weight is 569 g/mol. The molecular weight excluding hydrogens is 530 g/mol. The Bertz CT molecular complexity index is 1120. The van der Waals surface area contributed by atoms with Gasteiger partial charge in [-0.3, -0.25) is 9.59 Å². The summed E-state index contributed by atoms with van der Waals surface area (Å²) < 4.78 is 9.64. The van der Waals surface area contributed by atoms with Gasteiger partial charge in [0.1, 0.15) is 23.9 Å². The number of unbranched alkanes of at least 4 members (excludes halogenated alkanes) is 1. The maximum atomic E-state index is 13.3. The summed E-state index contributed by atoms with van der Waals surface area (Å²) in [6.07, 6.45) is 9.29. The minimum atomic E-state index is -0.860. The molecule has 7 heteroatoms. The van der Waals surface area contributed by atoms with Crippen molar-refractivity contribution in [1.82, 2.24) is 4.57 Å². The number of halogens is 1. The van der Waals surface area contributed by atoms with Crippen molar-refractivity contribution in [3.05, 3.63) is 90.0 Å². The van der Waals surface area contributed by atoms with Crippen LogP contribution < -0.4 is 27.3 Å². The molecule has 2 atom stereocenters. The van der Waals surface area contributed by atoms with Gasteiger partial charge >= 0.3 is 5.97 Å². The van der Waals surface area contributed by atoms with E-state index in [1.165, 1.54) is 5.82 Å². The molecule has 0 saturated heterocycles. The van der Waals surface area contributed by atoms with Crippen molar-refractivity contribution < 1.29 is 35.9 Å². The molecule has 0 spiro atoms. The number of nitrogens with two attached hydrogens (primary N) is 1. The largest absolute Gasteiger partial charge is 1.00 e. The van der Waals surface area contributed by atoms with Gasteiger partial charge in [0.15, 0.2) is 0 Å². The number of hydrogen-bond acceptors (Lipinski definition) is 3. The summed E-state index contributed by atoms with van der Waals surface area (Å²) in [4.78, 5) is 24.9. The van der Waals surface area contributed by atoms with Gasteiger partial charge in [-0.1, -0.05) is 60.7 Å². The number of aryl methyl sites for hydroxylation is 1. The number of esters is 1. The van der Waals surface area contributed by atoms with E-state index in [2.05, 4.69) is 28.5 Å². The second kappa shape index (κ2) is 13.0. The number of aromatic nitrogens is 2. The number of amides is 1. The van der Waals surface area contributed by atoms with Gasteiger partial charge in [0.2, 0.25) is 5.91 Å². The van der Waals surface area contributed by atoms with Crippen LogP contribution in [-0.4, -0.2) is 23.1 Å². The maximum absolute atomic E-state index is 13.3. The van der Waals surface area contributed by atoms with Crippen molar-refractivity contribution in [3.63, 3.8) is 0 Å². The highest BCUT2D eigenvalue weighted by Crippen LogP contribution is 2.48. The number of hydrogen-bond donors (Lipinski definition) is 1. The summed E-state index contributed by atoms with van der Waals surface area (Å²) in [7, 11) is 0. The lowest BCUT2D eigenvalue weighted by Crippen LogP contribution is -3.00. The summed E-state index contributed by atoms with van der Waals surface area (Å²) in [5.41, 5.74) is 7.34. The van der Waals surface area contributed by atoms with Crippen LogP contribution in [0.2, 0.25) is 0 Å². The summed E-state index contributed by atoms with van der Waals surface area (Å²) in [6.45, 7) is 5.28. The molecule has 2 N–H and O–H groups in total. The first-order chi connectivity index (χ1) is 17.5. The quantitative estimate of drug-likeness (QED) is 0.217. The van der Waals surface area contributed by atoms with Gasteiger partial charge in [0.05, 0.1) is 13.2 Å². The van der Waals surface area contributed by atoms with Crippen LogP contribution >= 0.6 is 0 Å². The molecule has 1 saturated carbocycles. The van der Waals surface area contributed by atoms with E-state index in [1.54, 1.807) is 0 Å². The summed E-state index contributed by atoms with van der Waals surface area (Å²) >= 11 is 0. The predicted molar refractivity (Wildman–Crippen MR) is 139 cm³/mol. The van der Waals surface area contributed by atoms with E-state index < -0.39 is 5.41 Å². The monoisotopic (exact) mass is 567 g/mol. The Kier molecular flexibility index (Phi) is 10.1. The van der Waals surface area contributed by atoms with E-state index in [1.807, 2.05) is 67.6 Å². The zero-order valence-electron chi connectivity index (χ0n) is 21.8. The first kappa shape index (κ1) is 28.6. The van der Waals surface area contributed by atoms with E-state index in [-0.39, 0.29) is 34.8 Å². The Labute approximate surface area is 230 Å². The van der Waals surface area contributed by atoms with Crippen molar-refractivity contribution in [2.24, 2.45) is 11.7 Å². The number of carbonyl (C=O) groups excluding carboxylic acids is 2. The Balaban J connectivity index is 0.00000380. The number of benzene rings is 2. The Morgan fingerprint density at radius 3 is 2.22 bits per heavy atom. The zero-order chi connectivity index (χ0) is 25.5. The van der Waals surface area contributed by atoms with Gasteiger partial charge in [0, 0.05) is 13.3 Å². The third kappa shape index (κ3) is 5.98. The predicted octanol–water partition coefficient (Wildman–Crippen LogP) is 1.63. The fourth-order valence-corrected chi connectivity index (χ4v) is 6.05. The van der Waals surface area contributed by atoms with Gasteiger partial charge < -0.3 is 27.5 Å². The molecule has 1 aliphatic rings. The fraction of sp³-hybridized carbons (Fsp3) is 0.433. The van der Waals surface area contributed by atoms with Gasteiger partial charge in [-0.25, -0.2) is 9.13 Å². The fourth-order valence-electron chi connectivity index (χ4n) is 6.05. The highest BCUT2D eigenvalue weighted by molar-refractivity contribution is 5.91. The smallest absolute Gasteiger partial charge is 0.305 e. The van der Waals surface area contributed by atoms with Gasteiger partial charge in [-0.05, 0) is 56.1 Å². The van der Waals surface area contributed by atoms with Crippen LogP contribution in [0.3, 0.4) is 0 Å². The first-order valence-corrected chi connectivity index (χ1v) is 13.1. The molecule has 1 heterocycles. The van der Waals surface area contributed by atoms with Gasteiger partial charge in [-0.15, -0.1) is 0 Å². The second-order valence-electron chi connectivity index (χ2n) is 9.78. The van der Waals surface area contributed by atoms with Crippen molar-refractivity contribution >= 4 is 11.9 Å². The normalized spacial score (nSPS) is 17.2. The third-order valence-electron chi connectivity index (χ3n) is 7.79.